The van der Waals surface area contributed by atoms with Crippen LogP contribution in [0.15, 0.2) is 72.9 Å². The molecule has 0 amide bonds. The Bertz CT molecular complexity index is 1330. The zero-order valence-electron chi connectivity index (χ0n) is 45.7. The highest BCUT2D eigenvalue weighted by atomic mass is 31.2. The lowest BCUT2D eigenvalue weighted by atomic mass is 10.0. The molecule has 0 radical (unpaired) electrons. The first-order valence-corrected chi connectivity index (χ1v) is 30.1. The number of rotatable bonds is 53. The molecule has 2 atom stereocenters. The van der Waals surface area contributed by atoms with Crippen LogP contribution in [0.3, 0.4) is 0 Å². The summed E-state index contributed by atoms with van der Waals surface area (Å²) in [5, 5.41) is 0. The Morgan fingerprint density at radius 3 is 1.26 bits per heavy atom. The molecular formula is C60H110NO7P. The topological polar surface area (TPSA) is 94.1 Å². The van der Waals surface area contributed by atoms with Crippen molar-refractivity contribution in [2.24, 2.45) is 0 Å². The van der Waals surface area contributed by atoms with Crippen molar-refractivity contribution in [2.75, 3.05) is 54.1 Å². The fourth-order valence-corrected chi connectivity index (χ4v) is 8.59. The average molecular weight is 989 g/mol. The van der Waals surface area contributed by atoms with Gasteiger partial charge in [0.25, 0.3) is 7.82 Å². The molecule has 0 aliphatic carbocycles. The van der Waals surface area contributed by atoms with E-state index in [1.54, 1.807) is 0 Å². The van der Waals surface area contributed by atoms with Gasteiger partial charge < -0.3 is 27.9 Å². The second-order valence-corrected chi connectivity index (χ2v) is 21.7. The molecule has 0 aliphatic heterocycles. The summed E-state index contributed by atoms with van der Waals surface area (Å²) in [7, 11) is 1.35. The molecule has 402 valence electrons. The van der Waals surface area contributed by atoms with E-state index in [0.717, 1.165) is 64.2 Å². The largest absolute Gasteiger partial charge is 0.756 e. The quantitative estimate of drug-likeness (QED) is 0.0197. The minimum Gasteiger partial charge on any atom is -0.756 e. The van der Waals surface area contributed by atoms with Crippen LogP contribution in [-0.4, -0.2) is 70.7 Å². The standard InChI is InChI=1S/C60H110NO7P/c1-6-8-10-12-14-16-18-20-22-24-26-28-30-31-32-33-35-37-39-41-43-45-47-49-51-53-60(62)68-59(58-67-69(63,64)66-56-54-61(3,4)5)57-65-55-52-50-48-46-44-42-40-38-36-34-29-27-25-23-21-19-17-15-13-11-9-7-2/h9,11,15,17-18,20-21,23-24,26-27,29,59H,6-8,10,12-14,16,19,22,25,28,30-58H2,1-5H3/b11-9-,17-15-,20-18-,23-21-,26-24-,29-27-. The summed E-state index contributed by atoms with van der Waals surface area (Å²) in [6.45, 7) is 5.30. The number of likely N-dealkylation sites (N-methyl/N-ethyl adjacent to an activating group) is 1. The van der Waals surface area contributed by atoms with Crippen LogP contribution in [0.1, 0.15) is 245 Å². The third-order valence-corrected chi connectivity index (χ3v) is 13.2. The maximum Gasteiger partial charge on any atom is 0.306 e. The van der Waals surface area contributed by atoms with Crippen LogP contribution in [-0.2, 0) is 27.9 Å². The van der Waals surface area contributed by atoms with Crippen molar-refractivity contribution >= 4 is 13.8 Å². The lowest BCUT2D eigenvalue weighted by molar-refractivity contribution is -0.870. The predicted octanol–water partition coefficient (Wildman–Crippen LogP) is 17.5. The van der Waals surface area contributed by atoms with E-state index in [-0.39, 0.29) is 25.8 Å². The fourth-order valence-electron chi connectivity index (χ4n) is 7.86. The molecule has 9 heteroatoms. The molecule has 0 aliphatic rings. The van der Waals surface area contributed by atoms with Gasteiger partial charge in [-0.05, 0) is 83.5 Å². The van der Waals surface area contributed by atoms with Gasteiger partial charge in [-0.15, -0.1) is 0 Å². The Morgan fingerprint density at radius 1 is 0.464 bits per heavy atom. The third-order valence-electron chi connectivity index (χ3n) is 12.2. The molecule has 0 spiro atoms. The Labute approximate surface area is 427 Å². The number of unbranched alkanes of at least 4 members (excludes halogenated alkanes) is 27. The first-order valence-electron chi connectivity index (χ1n) is 28.7. The van der Waals surface area contributed by atoms with Crippen molar-refractivity contribution in [3.05, 3.63) is 72.9 Å². The molecule has 0 bridgehead atoms. The van der Waals surface area contributed by atoms with E-state index < -0.39 is 13.9 Å². The fraction of sp³-hybridized carbons (Fsp3) is 0.783. The number of esters is 1. The van der Waals surface area contributed by atoms with Gasteiger partial charge >= 0.3 is 5.97 Å². The molecule has 0 aromatic rings. The van der Waals surface area contributed by atoms with Gasteiger partial charge in [0, 0.05) is 13.0 Å². The molecule has 0 N–H and O–H groups in total. The van der Waals surface area contributed by atoms with Gasteiger partial charge in [0.1, 0.15) is 19.3 Å². The van der Waals surface area contributed by atoms with Crippen LogP contribution < -0.4 is 4.89 Å². The van der Waals surface area contributed by atoms with Crippen molar-refractivity contribution in [1.82, 2.24) is 0 Å². The summed E-state index contributed by atoms with van der Waals surface area (Å²) in [6.07, 6.45) is 69.4. The number of phosphoric acid groups is 1. The zero-order valence-corrected chi connectivity index (χ0v) is 46.6. The van der Waals surface area contributed by atoms with Crippen LogP contribution in [0.4, 0.5) is 0 Å². The number of phosphoric ester groups is 1. The number of allylic oxidation sites excluding steroid dienone is 12. The molecule has 0 aromatic carbocycles. The van der Waals surface area contributed by atoms with Crippen molar-refractivity contribution < 1.29 is 37.3 Å². The number of hydrogen-bond acceptors (Lipinski definition) is 7. The smallest absolute Gasteiger partial charge is 0.306 e. The second-order valence-electron chi connectivity index (χ2n) is 20.3. The Morgan fingerprint density at radius 2 is 0.841 bits per heavy atom. The SMILES string of the molecule is CC/C=C\C/C=C\C/C=C\C/C=C\CCCCCCCCCCCOCC(COP(=O)([O-])OCC[N+](C)(C)C)OC(=O)CCCCCCCCCCCCCCC/C=C\C/C=C\CCCCCCC. The molecular weight excluding hydrogens is 878 g/mol. The van der Waals surface area contributed by atoms with Crippen LogP contribution in [0.5, 0.6) is 0 Å². The van der Waals surface area contributed by atoms with Crippen molar-refractivity contribution in [1.29, 1.82) is 0 Å². The molecule has 2 unspecified atom stereocenters. The number of quaternary nitrogens is 1. The highest BCUT2D eigenvalue weighted by Gasteiger charge is 2.20. The van der Waals surface area contributed by atoms with Crippen LogP contribution in [0, 0.1) is 0 Å². The van der Waals surface area contributed by atoms with E-state index in [0.29, 0.717) is 24.1 Å². The van der Waals surface area contributed by atoms with E-state index in [1.807, 2.05) is 21.1 Å². The predicted molar refractivity (Wildman–Crippen MR) is 296 cm³/mol. The van der Waals surface area contributed by atoms with Crippen LogP contribution in [0.2, 0.25) is 0 Å². The Balaban J connectivity index is 4.09. The molecule has 69 heavy (non-hydrogen) atoms. The van der Waals surface area contributed by atoms with E-state index >= 15 is 0 Å². The molecule has 0 heterocycles. The lowest BCUT2D eigenvalue weighted by Gasteiger charge is -2.28. The van der Waals surface area contributed by atoms with Gasteiger partial charge in [-0.25, -0.2) is 0 Å². The Hall–Kier alpha value is -2.06. The third kappa shape index (κ3) is 56.7. The van der Waals surface area contributed by atoms with Crippen molar-refractivity contribution in [2.45, 2.75) is 251 Å². The van der Waals surface area contributed by atoms with E-state index in [4.69, 9.17) is 18.5 Å². The zero-order chi connectivity index (χ0) is 50.5. The number of carbonyl (C=O) groups is 1. The highest BCUT2D eigenvalue weighted by molar-refractivity contribution is 7.45. The van der Waals surface area contributed by atoms with E-state index in [2.05, 4.69) is 86.8 Å². The highest BCUT2D eigenvalue weighted by Crippen LogP contribution is 2.38. The number of hydrogen-bond donors (Lipinski definition) is 0. The number of ether oxygens (including phenoxy) is 2. The van der Waals surface area contributed by atoms with Crippen molar-refractivity contribution in [3.8, 4) is 0 Å². The van der Waals surface area contributed by atoms with E-state index in [1.165, 1.54) is 161 Å². The maximum absolute atomic E-state index is 12.8. The van der Waals surface area contributed by atoms with Gasteiger partial charge in [0.05, 0.1) is 34.4 Å². The maximum atomic E-state index is 12.8. The van der Waals surface area contributed by atoms with Gasteiger partial charge in [0.15, 0.2) is 0 Å². The molecule has 0 saturated carbocycles. The summed E-state index contributed by atoms with van der Waals surface area (Å²) in [5.41, 5.74) is 0. The van der Waals surface area contributed by atoms with Gasteiger partial charge in [-0.2, -0.15) is 0 Å². The lowest BCUT2D eigenvalue weighted by Crippen LogP contribution is -2.37. The Kier molecular flexibility index (Phi) is 50.7. The minimum atomic E-state index is -4.54. The van der Waals surface area contributed by atoms with Gasteiger partial charge in [-0.3, -0.25) is 9.36 Å². The molecule has 0 fully saturated rings. The summed E-state index contributed by atoms with van der Waals surface area (Å²) in [5.74, 6) is -0.336. The summed E-state index contributed by atoms with van der Waals surface area (Å²) in [6, 6.07) is 0. The monoisotopic (exact) mass is 988 g/mol. The van der Waals surface area contributed by atoms with Crippen LogP contribution >= 0.6 is 7.82 Å². The van der Waals surface area contributed by atoms with Crippen molar-refractivity contribution in [3.63, 3.8) is 0 Å². The summed E-state index contributed by atoms with van der Waals surface area (Å²) < 4.78 is 34.9. The first-order chi connectivity index (χ1) is 33.6. The van der Waals surface area contributed by atoms with Gasteiger partial charge in [-0.1, -0.05) is 228 Å². The second kappa shape index (κ2) is 52.3. The van der Waals surface area contributed by atoms with Crippen LogP contribution in [0.25, 0.3) is 0 Å². The molecule has 0 aromatic heterocycles. The summed E-state index contributed by atoms with van der Waals surface area (Å²) in [4.78, 5) is 25.3. The molecule has 0 saturated heterocycles. The first kappa shape index (κ1) is 66.9. The minimum absolute atomic E-state index is 0.0223. The van der Waals surface area contributed by atoms with E-state index in [9.17, 15) is 14.3 Å². The summed E-state index contributed by atoms with van der Waals surface area (Å²) >= 11 is 0. The molecule has 8 nitrogen and oxygen atoms in total. The molecule has 0 rings (SSSR count). The number of nitrogens with zero attached hydrogens (tertiary/aromatic N) is 1. The number of carbonyl (C=O) groups excluding carboxylic acids is 1. The average Bonchev–Trinajstić information content (AvgIpc) is 3.31. The normalized spacial score (nSPS) is 14.0. The van der Waals surface area contributed by atoms with Gasteiger partial charge in [0.2, 0.25) is 0 Å².